The Morgan fingerprint density at radius 1 is 1.00 bits per heavy atom. The summed E-state index contributed by atoms with van der Waals surface area (Å²) >= 11 is 0. The fourth-order valence-corrected chi connectivity index (χ4v) is 3.35. The third-order valence-corrected chi connectivity index (χ3v) is 5.27. The average molecular weight is 400 g/mol. The van der Waals surface area contributed by atoms with Crippen LogP contribution in [0.1, 0.15) is 64.2 Å². The maximum absolute atomic E-state index is 13.4. The monoisotopic (exact) mass is 400 g/mol. The van der Waals surface area contributed by atoms with Crippen LogP contribution in [-0.2, 0) is 0 Å². The number of fused-ring (bicyclic) bond motifs is 1. The second kappa shape index (κ2) is 8.02. The zero-order valence-corrected chi connectivity index (χ0v) is 17.5. The molecule has 0 aliphatic heterocycles. The number of nitrogens with zero attached hydrogens (tertiary/aromatic N) is 5. The van der Waals surface area contributed by atoms with Gasteiger partial charge in [0, 0.05) is 18.1 Å². The third-order valence-electron chi connectivity index (χ3n) is 5.27. The molecule has 152 valence electrons. The van der Waals surface area contributed by atoms with Crippen LogP contribution in [0, 0.1) is 13.8 Å². The smallest absolute Gasteiger partial charge is 0.270 e. The molecule has 0 radical (unpaired) electrons. The molecule has 0 aliphatic carbocycles. The summed E-state index contributed by atoms with van der Waals surface area (Å²) < 4.78 is 1.48. The molecule has 30 heavy (non-hydrogen) atoms. The number of aryl methyl sites for hydroxylation is 2. The van der Waals surface area contributed by atoms with Crippen molar-refractivity contribution in [2.45, 2.75) is 39.7 Å². The minimum absolute atomic E-state index is 0.161. The Morgan fingerprint density at radius 2 is 1.77 bits per heavy atom. The van der Waals surface area contributed by atoms with Crippen LogP contribution in [0.15, 0.2) is 55.1 Å². The van der Waals surface area contributed by atoms with E-state index < -0.39 is 0 Å². The normalized spacial score (nSPS) is 12.3. The Kier molecular flexibility index (Phi) is 5.27. The first-order valence-electron chi connectivity index (χ1n) is 9.92. The molecule has 0 bridgehead atoms. The van der Waals surface area contributed by atoms with Crippen LogP contribution in [0.3, 0.4) is 0 Å². The number of nitrogens with one attached hydrogen (secondary N) is 1. The fraction of sp³-hybridized carbons (Fsp3) is 0.261. The minimum Gasteiger partial charge on any atom is -0.340 e. The SMILES string of the molecule is Cc1ccc([C@@H](NC(=O)c2cc(C(C)C)nc3ncnn23)c2ccncc2)cc1C. The van der Waals surface area contributed by atoms with E-state index in [1.807, 2.05) is 32.0 Å². The Balaban J connectivity index is 1.77. The quantitative estimate of drug-likeness (QED) is 0.551. The number of amides is 1. The van der Waals surface area contributed by atoms with E-state index >= 15 is 0 Å². The number of benzene rings is 1. The highest BCUT2D eigenvalue weighted by Gasteiger charge is 2.22. The van der Waals surface area contributed by atoms with Crippen molar-refractivity contribution in [2.75, 3.05) is 0 Å². The Hall–Kier alpha value is -3.61. The Bertz CT molecular complexity index is 1200. The first-order chi connectivity index (χ1) is 14.4. The molecule has 3 heterocycles. The Morgan fingerprint density at radius 3 is 2.47 bits per heavy atom. The lowest BCUT2D eigenvalue weighted by Gasteiger charge is -2.21. The molecule has 7 heteroatoms. The summed E-state index contributed by atoms with van der Waals surface area (Å²) in [6.07, 6.45) is 4.87. The molecule has 3 aromatic heterocycles. The topological polar surface area (TPSA) is 85.1 Å². The van der Waals surface area contributed by atoms with Gasteiger partial charge in [0.2, 0.25) is 0 Å². The van der Waals surface area contributed by atoms with Crippen LogP contribution in [-0.4, -0.2) is 30.5 Å². The summed E-state index contributed by atoms with van der Waals surface area (Å²) in [4.78, 5) is 26.2. The largest absolute Gasteiger partial charge is 0.340 e. The van der Waals surface area contributed by atoms with Crippen LogP contribution in [0.2, 0.25) is 0 Å². The summed E-state index contributed by atoms with van der Waals surface area (Å²) in [6.45, 7) is 8.21. The highest BCUT2D eigenvalue weighted by Crippen LogP contribution is 2.25. The second-order valence-electron chi connectivity index (χ2n) is 7.72. The molecule has 0 unspecified atom stereocenters. The first kappa shape index (κ1) is 19.7. The van der Waals surface area contributed by atoms with Gasteiger partial charge in [-0.25, -0.2) is 4.98 Å². The molecular formula is C23H24N6O. The molecule has 0 spiro atoms. The molecule has 0 saturated heterocycles. The van der Waals surface area contributed by atoms with E-state index in [2.05, 4.69) is 51.3 Å². The predicted molar refractivity (Wildman–Crippen MR) is 114 cm³/mol. The first-order valence-corrected chi connectivity index (χ1v) is 9.92. The molecule has 1 aromatic carbocycles. The highest BCUT2D eigenvalue weighted by molar-refractivity contribution is 5.93. The molecule has 4 rings (SSSR count). The molecule has 1 amide bonds. The highest BCUT2D eigenvalue weighted by atomic mass is 16.2. The van der Waals surface area contributed by atoms with Crippen LogP contribution in [0.4, 0.5) is 0 Å². The van der Waals surface area contributed by atoms with Crippen molar-refractivity contribution >= 4 is 11.7 Å². The number of hydrogen-bond acceptors (Lipinski definition) is 5. The maximum Gasteiger partial charge on any atom is 0.270 e. The van der Waals surface area contributed by atoms with E-state index in [-0.39, 0.29) is 17.9 Å². The number of pyridine rings is 1. The van der Waals surface area contributed by atoms with E-state index in [1.54, 1.807) is 18.5 Å². The van der Waals surface area contributed by atoms with Crippen LogP contribution < -0.4 is 5.32 Å². The molecule has 0 fully saturated rings. The van der Waals surface area contributed by atoms with Gasteiger partial charge in [0.15, 0.2) is 0 Å². The van der Waals surface area contributed by atoms with Crippen molar-refractivity contribution in [1.29, 1.82) is 0 Å². The number of aromatic nitrogens is 5. The summed E-state index contributed by atoms with van der Waals surface area (Å²) in [7, 11) is 0. The van der Waals surface area contributed by atoms with Gasteiger partial charge < -0.3 is 5.32 Å². The summed E-state index contributed by atoms with van der Waals surface area (Å²) in [6, 6.07) is 11.5. The molecular weight excluding hydrogens is 376 g/mol. The van der Waals surface area contributed by atoms with E-state index in [9.17, 15) is 4.79 Å². The molecule has 7 nitrogen and oxygen atoms in total. The van der Waals surface area contributed by atoms with Gasteiger partial charge in [-0.15, -0.1) is 0 Å². The minimum atomic E-state index is -0.325. The van der Waals surface area contributed by atoms with Crippen molar-refractivity contribution in [3.63, 3.8) is 0 Å². The zero-order valence-electron chi connectivity index (χ0n) is 17.5. The van der Waals surface area contributed by atoms with Gasteiger partial charge >= 0.3 is 0 Å². The summed E-state index contributed by atoms with van der Waals surface area (Å²) in [5, 5.41) is 7.37. The Labute approximate surface area is 175 Å². The lowest BCUT2D eigenvalue weighted by atomic mass is 9.96. The van der Waals surface area contributed by atoms with Gasteiger partial charge in [0.05, 0.1) is 6.04 Å². The van der Waals surface area contributed by atoms with Crippen molar-refractivity contribution in [1.82, 2.24) is 29.9 Å². The molecule has 1 N–H and O–H groups in total. The summed E-state index contributed by atoms with van der Waals surface area (Å²) in [5.41, 5.74) is 5.54. The van der Waals surface area contributed by atoms with Gasteiger partial charge in [0.1, 0.15) is 12.0 Å². The number of rotatable bonds is 5. The van der Waals surface area contributed by atoms with Gasteiger partial charge in [-0.3, -0.25) is 9.78 Å². The predicted octanol–water partition coefficient (Wildman–Crippen LogP) is 3.78. The van der Waals surface area contributed by atoms with Crippen molar-refractivity contribution < 1.29 is 4.79 Å². The molecule has 0 aliphatic rings. The van der Waals surface area contributed by atoms with E-state index in [0.717, 1.165) is 16.8 Å². The lowest BCUT2D eigenvalue weighted by Crippen LogP contribution is -2.31. The fourth-order valence-electron chi connectivity index (χ4n) is 3.35. The van der Waals surface area contributed by atoms with E-state index in [4.69, 9.17) is 0 Å². The zero-order chi connectivity index (χ0) is 21.3. The van der Waals surface area contributed by atoms with Crippen molar-refractivity contribution in [3.8, 4) is 0 Å². The van der Waals surface area contributed by atoms with Crippen molar-refractivity contribution in [2.24, 2.45) is 0 Å². The van der Waals surface area contributed by atoms with Gasteiger partial charge in [-0.05, 0) is 60.2 Å². The van der Waals surface area contributed by atoms with Crippen LogP contribution >= 0.6 is 0 Å². The van der Waals surface area contributed by atoms with Gasteiger partial charge in [-0.2, -0.15) is 14.6 Å². The van der Waals surface area contributed by atoms with Crippen LogP contribution in [0.25, 0.3) is 5.78 Å². The van der Waals surface area contributed by atoms with E-state index in [1.165, 1.54) is 22.0 Å². The van der Waals surface area contributed by atoms with Gasteiger partial charge in [0.25, 0.3) is 11.7 Å². The molecule has 4 aromatic rings. The summed E-state index contributed by atoms with van der Waals surface area (Å²) in [5.74, 6) is 0.335. The van der Waals surface area contributed by atoms with Crippen molar-refractivity contribution in [3.05, 3.63) is 88.8 Å². The van der Waals surface area contributed by atoms with Gasteiger partial charge in [-0.1, -0.05) is 32.0 Å². The molecule has 0 saturated carbocycles. The van der Waals surface area contributed by atoms with E-state index in [0.29, 0.717) is 11.5 Å². The third kappa shape index (κ3) is 3.78. The average Bonchev–Trinajstić information content (AvgIpc) is 3.22. The standard InChI is InChI=1S/C23H24N6O/c1-14(2)19-12-20(29-23(27-19)25-13-26-29)22(30)28-21(17-7-9-24-10-8-17)18-6-5-15(3)16(4)11-18/h5-14,21H,1-4H3,(H,28,30)/t21-/m0/s1. The number of carbonyl (C=O) groups excluding carboxylic acids is 1. The number of carbonyl (C=O) groups is 1. The molecule has 1 atom stereocenters. The second-order valence-corrected chi connectivity index (χ2v) is 7.72. The van der Waals surface area contributed by atoms with Crippen LogP contribution in [0.5, 0.6) is 0 Å². The lowest BCUT2D eigenvalue weighted by molar-refractivity contribution is 0.0935. The maximum atomic E-state index is 13.4. The number of hydrogen-bond donors (Lipinski definition) is 1.